The molecule has 0 aliphatic heterocycles. The van der Waals surface area contributed by atoms with E-state index < -0.39 is 0 Å². The van der Waals surface area contributed by atoms with Crippen molar-refractivity contribution in [2.45, 2.75) is 0 Å². The molecule has 4 heteroatoms. The molecular weight excluding hydrogens is 428 g/mol. The number of aromatic nitrogens is 2. The van der Waals surface area contributed by atoms with E-state index in [-0.39, 0.29) is 0 Å². The summed E-state index contributed by atoms with van der Waals surface area (Å²) in [4.78, 5) is 4.45. The van der Waals surface area contributed by atoms with Crippen molar-refractivity contribution in [2.75, 3.05) is 0 Å². The molecule has 0 atom stereocenters. The first-order chi connectivity index (χ1) is 17.2. The Labute approximate surface area is 202 Å². The van der Waals surface area contributed by atoms with Crippen LogP contribution in [0.5, 0.6) is 0 Å². The summed E-state index contributed by atoms with van der Waals surface area (Å²) in [6.45, 7) is 0. The van der Waals surface area contributed by atoms with Crippen LogP contribution in [-0.4, -0.2) is 9.55 Å². The molecule has 6 aromatic rings. The zero-order valence-corrected chi connectivity index (χ0v) is 18.7. The van der Waals surface area contributed by atoms with E-state index >= 15 is 0 Å². The van der Waals surface area contributed by atoms with Gasteiger partial charge in [-0.1, -0.05) is 48.5 Å². The van der Waals surface area contributed by atoms with Gasteiger partial charge in [0, 0.05) is 28.2 Å². The number of nitriles is 2. The highest BCUT2D eigenvalue weighted by Crippen LogP contribution is 2.34. The number of hydrogen-bond acceptors (Lipinski definition) is 3. The molecule has 4 aromatic carbocycles. The Kier molecular flexibility index (Phi) is 4.84. The molecule has 6 rings (SSSR count). The highest BCUT2D eigenvalue weighted by atomic mass is 15.0. The van der Waals surface area contributed by atoms with E-state index in [0.29, 0.717) is 11.1 Å². The predicted octanol–water partition coefficient (Wildman–Crippen LogP) is 7.26. The number of rotatable bonds is 3. The smallest absolute Gasteiger partial charge is 0.0992 e. The topological polar surface area (TPSA) is 65.4 Å². The van der Waals surface area contributed by atoms with Crippen LogP contribution in [-0.2, 0) is 0 Å². The Bertz CT molecular complexity index is 1830. The lowest BCUT2D eigenvalue weighted by Gasteiger charge is -2.11. The molecule has 2 heterocycles. The summed E-state index contributed by atoms with van der Waals surface area (Å²) < 4.78 is 2.25. The first-order valence-electron chi connectivity index (χ1n) is 11.3. The monoisotopic (exact) mass is 446 g/mol. The average molecular weight is 447 g/mol. The normalized spacial score (nSPS) is 10.8. The van der Waals surface area contributed by atoms with E-state index in [0.717, 1.165) is 49.9 Å². The van der Waals surface area contributed by atoms with Crippen LogP contribution >= 0.6 is 0 Å². The molecule has 0 fully saturated rings. The van der Waals surface area contributed by atoms with E-state index in [9.17, 15) is 10.5 Å². The number of benzene rings is 4. The molecule has 0 bridgehead atoms. The van der Waals surface area contributed by atoms with E-state index in [1.807, 2.05) is 48.5 Å². The molecule has 0 saturated carbocycles. The molecule has 2 aromatic heterocycles. The second-order valence-electron chi connectivity index (χ2n) is 8.37. The maximum atomic E-state index is 9.41. The van der Waals surface area contributed by atoms with Crippen LogP contribution in [0.25, 0.3) is 49.9 Å². The minimum atomic E-state index is 0.591. The van der Waals surface area contributed by atoms with Crippen molar-refractivity contribution in [1.29, 1.82) is 10.5 Å². The van der Waals surface area contributed by atoms with Gasteiger partial charge in [0.15, 0.2) is 0 Å². The molecule has 4 nitrogen and oxygen atoms in total. The minimum Gasteiger partial charge on any atom is -0.309 e. The van der Waals surface area contributed by atoms with Gasteiger partial charge in [-0.2, -0.15) is 10.5 Å². The van der Waals surface area contributed by atoms with Crippen LogP contribution < -0.4 is 0 Å². The van der Waals surface area contributed by atoms with Crippen LogP contribution in [0.3, 0.4) is 0 Å². The summed E-state index contributed by atoms with van der Waals surface area (Å²) >= 11 is 0. The molecule has 0 aliphatic rings. The molecule has 0 N–H and O–H groups in total. The fourth-order valence-corrected chi connectivity index (χ4v) is 4.66. The van der Waals surface area contributed by atoms with Crippen LogP contribution in [0, 0.1) is 22.7 Å². The van der Waals surface area contributed by atoms with Gasteiger partial charge in [0.05, 0.1) is 40.0 Å². The molecular formula is C31H18N4. The minimum absolute atomic E-state index is 0.591. The largest absolute Gasteiger partial charge is 0.309 e. The van der Waals surface area contributed by atoms with E-state index in [4.69, 9.17) is 0 Å². The SMILES string of the molecule is N#Cc1ccnc(-c2cccc(-c3cccc(-n4c5ccccc5c5cc(C#N)ccc54)c3)c2)c1. The van der Waals surface area contributed by atoms with Crippen molar-refractivity contribution in [3.8, 4) is 40.2 Å². The van der Waals surface area contributed by atoms with Gasteiger partial charge < -0.3 is 4.57 Å². The molecule has 0 amide bonds. The third-order valence-electron chi connectivity index (χ3n) is 6.29. The number of nitrogens with zero attached hydrogens (tertiary/aromatic N) is 4. The van der Waals surface area contributed by atoms with Crippen molar-refractivity contribution in [2.24, 2.45) is 0 Å². The lowest BCUT2D eigenvalue weighted by Crippen LogP contribution is -1.94. The molecule has 0 aliphatic carbocycles. The highest BCUT2D eigenvalue weighted by Gasteiger charge is 2.13. The number of para-hydroxylation sites is 1. The standard InChI is InChI=1S/C31H18N4/c32-19-21-11-12-31-28(15-21)27-9-1-2-10-30(27)35(31)26-8-4-6-24(18-26)23-5-3-7-25(17-23)29-16-22(20-33)13-14-34-29/h1-18H. The van der Waals surface area contributed by atoms with Crippen LogP contribution in [0.15, 0.2) is 109 Å². The highest BCUT2D eigenvalue weighted by molar-refractivity contribution is 6.09. The maximum absolute atomic E-state index is 9.41. The van der Waals surface area contributed by atoms with Crippen LogP contribution in [0.2, 0.25) is 0 Å². The van der Waals surface area contributed by atoms with Crippen molar-refractivity contribution in [3.05, 3.63) is 120 Å². The van der Waals surface area contributed by atoms with Gasteiger partial charge in [0.25, 0.3) is 0 Å². The fraction of sp³-hybridized carbons (Fsp3) is 0. The molecule has 162 valence electrons. The van der Waals surface area contributed by atoms with Gasteiger partial charge >= 0.3 is 0 Å². The number of hydrogen-bond donors (Lipinski definition) is 0. The summed E-state index contributed by atoms with van der Waals surface area (Å²) in [7, 11) is 0. The van der Waals surface area contributed by atoms with Crippen LogP contribution in [0.4, 0.5) is 0 Å². The Morgan fingerprint density at radius 3 is 2.14 bits per heavy atom. The quantitative estimate of drug-likeness (QED) is 0.287. The lowest BCUT2D eigenvalue weighted by atomic mass is 10.0. The van der Waals surface area contributed by atoms with Gasteiger partial charge in [-0.15, -0.1) is 0 Å². The first-order valence-corrected chi connectivity index (χ1v) is 11.3. The Balaban J connectivity index is 1.51. The zero-order valence-electron chi connectivity index (χ0n) is 18.7. The van der Waals surface area contributed by atoms with Gasteiger partial charge in [-0.3, -0.25) is 4.98 Å². The predicted molar refractivity (Wildman–Crippen MR) is 139 cm³/mol. The third-order valence-corrected chi connectivity index (χ3v) is 6.29. The average Bonchev–Trinajstić information content (AvgIpc) is 3.27. The Hall–Kier alpha value is -5.19. The molecule has 0 spiro atoms. The summed E-state index contributed by atoms with van der Waals surface area (Å²) in [5.41, 5.74) is 8.35. The second kappa shape index (κ2) is 8.30. The zero-order chi connectivity index (χ0) is 23.8. The van der Waals surface area contributed by atoms with Crippen molar-refractivity contribution >= 4 is 21.8 Å². The summed E-state index contributed by atoms with van der Waals surface area (Å²) in [5, 5.41) is 20.8. The summed E-state index contributed by atoms with van der Waals surface area (Å²) in [6, 6.07) is 38.8. The van der Waals surface area contributed by atoms with Crippen molar-refractivity contribution in [3.63, 3.8) is 0 Å². The van der Waals surface area contributed by atoms with Gasteiger partial charge in [-0.05, 0) is 65.7 Å². The second-order valence-corrected chi connectivity index (χ2v) is 8.37. The van der Waals surface area contributed by atoms with Crippen molar-refractivity contribution in [1.82, 2.24) is 9.55 Å². The van der Waals surface area contributed by atoms with E-state index in [2.05, 4.69) is 70.2 Å². The molecule has 0 unspecified atom stereocenters. The van der Waals surface area contributed by atoms with Crippen molar-refractivity contribution < 1.29 is 0 Å². The van der Waals surface area contributed by atoms with Gasteiger partial charge in [0.1, 0.15) is 0 Å². The fourth-order valence-electron chi connectivity index (χ4n) is 4.66. The Morgan fingerprint density at radius 1 is 0.571 bits per heavy atom. The lowest BCUT2D eigenvalue weighted by molar-refractivity contribution is 1.18. The summed E-state index contributed by atoms with van der Waals surface area (Å²) in [5.74, 6) is 0. The maximum Gasteiger partial charge on any atom is 0.0992 e. The number of pyridine rings is 1. The van der Waals surface area contributed by atoms with Crippen LogP contribution in [0.1, 0.15) is 11.1 Å². The first kappa shape index (κ1) is 20.4. The summed E-state index contributed by atoms with van der Waals surface area (Å²) in [6.07, 6.45) is 1.67. The van der Waals surface area contributed by atoms with E-state index in [1.165, 1.54) is 0 Å². The molecule has 35 heavy (non-hydrogen) atoms. The van der Waals surface area contributed by atoms with Gasteiger partial charge in [0.2, 0.25) is 0 Å². The van der Waals surface area contributed by atoms with E-state index in [1.54, 1.807) is 12.3 Å². The van der Waals surface area contributed by atoms with Gasteiger partial charge in [-0.25, -0.2) is 0 Å². The molecule has 0 radical (unpaired) electrons. The number of fused-ring (bicyclic) bond motifs is 3. The Morgan fingerprint density at radius 2 is 1.29 bits per heavy atom. The molecule has 0 saturated heterocycles. The third kappa shape index (κ3) is 3.51.